The first-order valence-corrected chi connectivity index (χ1v) is 9.22. The molecule has 1 aliphatic carbocycles. The van der Waals surface area contributed by atoms with Crippen molar-refractivity contribution in [1.82, 2.24) is 10.6 Å². The highest BCUT2D eigenvalue weighted by Crippen LogP contribution is 2.32. The average molecular weight is 363 g/mol. The minimum Gasteiger partial charge on any atom is -0.347 e. The van der Waals surface area contributed by atoms with E-state index < -0.39 is 0 Å². The number of carbonyl (C=O) groups is 1. The summed E-state index contributed by atoms with van der Waals surface area (Å²) in [7, 11) is 0. The Kier molecular flexibility index (Phi) is 5.28. The first-order valence-electron chi connectivity index (χ1n) is 8.40. The highest BCUT2D eigenvalue weighted by molar-refractivity contribution is 7.14. The second-order valence-electron chi connectivity index (χ2n) is 6.80. The fourth-order valence-corrected chi connectivity index (χ4v) is 4.67. The van der Waals surface area contributed by atoms with Gasteiger partial charge in [0.05, 0.1) is 4.88 Å². The molecule has 3 nitrogen and oxygen atoms in total. The number of aryl methyl sites for hydroxylation is 1. The van der Waals surface area contributed by atoms with Crippen molar-refractivity contribution in [1.29, 1.82) is 0 Å². The van der Waals surface area contributed by atoms with E-state index >= 15 is 0 Å². The zero-order valence-electron chi connectivity index (χ0n) is 13.9. The molecule has 1 aromatic heterocycles. The number of rotatable bonds is 3. The first kappa shape index (κ1) is 17.5. The third-order valence-corrected chi connectivity index (χ3v) is 6.14. The molecule has 2 N–H and O–H groups in total. The van der Waals surface area contributed by atoms with E-state index in [1.807, 2.05) is 0 Å². The summed E-state index contributed by atoms with van der Waals surface area (Å²) in [5.74, 6) is 0.809. The Balaban J connectivity index is 0.00000169. The van der Waals surface area contributed by atoms with Crippen molar-refractivity contribution >= 4 is 29.7 Å². The van der Waals surface area contributed by atoms with E-state index in [9.17, 15) is 4.79 Å². The molecule has 1 atom stereocenters. The number of amides is 1. The number of hydrogen-bond acceptors (Lipinski definition) is 3. The zero-order chi connectivity index (χ0) is 15.8. The summed E-state index contributed by atoms with van der Waals surface area (Å²) in [6.07, 6.45) is 3.50. The Hall–Kier alpha value is -1.36. The van der Waals surface area contributed by atoms with Crippen LogP contribution in [0.1, 0.15) is 50.1 Å². The molecule has 0 radical (unpaired) electrons. The van der Waals surface area contributed by atoms with Crippen LogP contribution in [0.25, 0.3) is 0 Å². The van der Waals surface area contributed by atoms with Crippen molar-refractivity contribution in [2.75, 3.05) is 0 Å². The van der Waals surface area contributed by atoms with Gasteiger partial charge < -0.3 is 10.6 Å². The standard InChI is InChI=1S/C19H22N2OS.ClH/c1-12-2-5-17-15(6-12)8-18(23-17)19(22)21-9-13-3-4-14-10-20-11-16(14)7-13;/h3-4,7-8,12,20H,2,5-6,9-11H2,1H3,(H,21,22);1H. The molecule has 0 saturated heterocycles. The Bertz CT molecular complexity index is 756. The lowest BCUT2D eigenvalue weighted by molar-refractivity contribution is 0.0955. The molecule has 1 unspecified atom stereocenters. The molecule has 0 bridgehead atoms. The summed E-state index contributed by atoms with van der Waals surface area (Å²) in [4.78, 5) is 14.7. The maximum absolute atomic E-state index is 12.4. The molecular weight excluding hydrogens is 340 g/mol. The monoisotopic (exact) mass is 362 g/mol. The summed E-state index contributed by atoms with van der Waals surface area (Å²) >= 11 is 1.68. The Morgan fingerprint density at radius 3 is 2.96 bits per heavy atom. The smallest absolute Gasteiger partial charge is 0.261 e. The molecule has 128 valence electrons. The van der Waals surface area contributed by atoms with Gasteiger partial charge in [-0.1, -0.05) is 25.1 Å². The van der Waals surface area contributed by atoms with Crippen LogP contribution in [0, 0.1) is 5.92 Å². The van der Waals surface area contributed by atoms with Gasteiger partial charge in [-0.05, 0) is 53.5 Å². The van der Waals surface area contributed by atoms with Gasteiger partial charge in [0.2, 0.25) is 0 Å². The second-order valence-corrected chi connectivity index (χ2v) is 7.93. The van der Waals surface area contributed by atoms with Gasteiger partial charge in [0.1, 0.15) is 0 Å². The van der Waals surface area contributed by atoms with E-state index in [4.69, 9.17) is 0 Å². The SMILES string of the molecule is CC1CCc2sc(C(=O)NCc3ccc4c(c3)CNC4)cc2C1.Cl. The number of thiophene rings is 1. The fourth-order valence-electron chi connectivity index (χ4n) is 3.55. The summed E-state index contributed by atoms with van der Waals surface area (Å²) in [6.45, 7) is 4.79. The molecule has 5 heteroatoms. The van der Waals surface area contributed by atoms with Crippen molar-refractivity contribution in [3.05, 3.63) is 56.3 Å². The number of carbonyl (C=O) groups excluding carboxylic acids is 1. The van der Waals surface area contributed by atoms with Crippen LogP contribution in [0.3, 0.4) is 0 Å². The first-order chi connectivity index (χ1) is 11.2. The fraction of sp³-hybridized carbons (Fsp3) is 0.421. The lowest BCUT2D eigenvalue weighted by atomic mass is 9.90. The van der Waals surface area contributed by atoms with E-state index in [1.54, 1.807) is 11.3 Å². The summed E-state index contributed by atoms with van der Waals surface area (Å²) in [5.41, 5.74) is 5.30. The normalized spacial score (nSPS) is 18.5. The predicted molar refractivity (Wildman–Crippen MR) is 101 cm³/mol. The lowest BCUT2D eigenvalue weighted by Crippen LogP contribution is -2.21. The highest BCUT2D eigenvalue weighted by Gasteiger charge is 2.20. The van der Waals surface area contributed by atoms with Crippen LogP contribution >= 0.6 is 23.7 Å². The van der Waals surface area contributed by atoms with Gasteiger partial charge in [0, 0.05) is 24.5 Å². The average Bonchev–Trinajstić information content (AvgIpc) is 3.17. The van der Waals surface area contributed by atoms with Crippen LogP contribution in [0.2, 0.25) is 0 Å². The van der Waals surface area contributed by atoms with E-state index in [2.05, 4.69) is 41.8 Å². The van der Waals surface area contributed by atoms with Gasteiger partial charge in [-0.25, -0.2) is 0 Å². The van der Waals surface area contributed by atoms with E-state index in [0.717, 1.165) is 36.7 Å². The van der Waals surface area contributed by atoms with E-state index in [1.165, 1.54) is 33.6 Å². The molecule has 2 aliphatic rings. The van der Waals surface area contributed by atoms with Gasteiger partial charge >= 0.3 is 0 Å². The predicted octanol–water partition coefficient (Wildman–Crippen LogP) is 3.83. The number of halogens is 1. The molecule has 24 heavy (non-hydrogen) atoms. The third-order valence-electron chi connectivity index (χ3n) is 4.91. The van der Waals surface area contributed by atoms with Crippen molar-refractivity contribution in [2.45, 2.75) is 45.8 Å². The lowest BCUT2D eigenvalue weighted by Gasteiger charge is -2.16. The van der Waals surface area contributed by atoms with Gasteiger partial charge in [-0.3, -0.25) is 4.79 Å². The Labute approximate surface area is 153 Å². The highest BCUT2D eigenvalue weighted by atomic mass is 35.5. The van der Waals surface area contributed by atoms with Crippen molar-refractivity contribution in [3.8, 4) is 0 Å². The summed E-state index contributed by atoms with van der Waals surface area (Å²) in [5, 5.41) is 6.43. The number of fused-ring (bicyclic) bond motifs is 2. The van der Waals surface area contributed by atoms with Crippen LogP contribution in [-0.4, -0.2) is 5.91 Å². The molecule has 2 aromatic rings. The maximum atomic E-state index is 12.4. The second kappa shape index (κ2) is 7.26. The number of benzene rings is 1. The van der Waals surface area contributed by atoms with Crippen LogP contribution in [-0.2, 0) is 32.5 Å². The topological polar surface area (TPSA) is 41.1 Å². The van der Waals surface area contributed by atoms with Gasteiger partial charge in [0.25, 0.3) is 5.91 Å². The molecule has 1 aromatic carbocycles. The molecule has 2 heterocycles. The molecular formula is C19H23ClN2OS. The molecule has 4 rings (SSSR count). The van der Waals surface area contributed by atoms with Crippen molar-refractivity contribution in [2.24, 2.45) is 5.92 Å². The zero-order valence-corrected chi connectivity index (χ0v) is 15.5. The molecule has 0 fully saturated rings. The molecule has 1 aliphatic heterocycles. The van der Waals surface area contributed by atoms with Crippen molar-refractivity contribution < 1.29 is 4.79 Å². The largest absolute Gasteiger partial charge is 0.347 e. The van der Waals surface area contributed by atoms with Crippen LogP contribution in [0.5, 0.6) is 0 Å². The van der Waals surface area contributed by atoms with E-state index in [-0.39, 0.29) is 18.3 Å². The van der Waals surface area contributed by atoms with Gasteiger partial charge in [-0.2, -0.15) is 0 Å². The Morgan fingerprint density at radius 1 is 1.25 bits per heavy atom. The minimum atomic E-state index is 0. The van der Waals surface area contributed by atoms with Crippen LogP contribution in [0.15, 0.2) is 24.3 Å². The van der Waals surface area contributed by atoms with Crippen molar-refractivity contribution in [3.63, 3.8) is 0 Å². The van der Waals surface area contributed by atoms with Crippen LogP contribution in [0.4, 0.5) is 0 Å². The summed E-state index contributed by atoms with van der Waals surface area (Å²) < 4.78 is 0. The third kappa shape index (κ3) is 3.51. The number of hydrogen-bond donors (Lipinski definition) is 2. The summed E-state index contributed by atoms with van der Waals surface area (Å²) in [6, 6.07) is 8.60. The Morgan fingerprint density at radius 2 is 2.08 bits per heavy atom. The van der Waals surface area contributed by atoms with Crippen LogP contribution < -0.4 is 10.6 Å². The molecule has 0 spiro atoms. The minimum absolute atomic E-state index is 0. The van der Waals surface area contributed by atoms with Gasteiger partial charge in [0.15, 0.2) is 0 Å². The molecule has 0 saturated carbocycles. The van der Waals surface area contributed by atoms with Gasteiger partial charge in [-0.15, -0.1) is 23.7 Å². The van der Waals surface area contributed by atoms with E-state index in [0.29, 0.717) is 6.54 Å². The maximum Gasteiger partial charge on any atom is 0.261 e. The number of nitrogens with one attached hydrogen (secondary N) is 2. The quantitative estimate of drug-likeness (QED) is 0.871. The molecule has 1 amide bonds.